The van der Waals surface area contributed by atoms with Crippen molar-refractivity contribution in [1.82, 2.24) is 9.88 Å². The highest BCUT2D eigenvalue weighted by molar-refractivity contribution is 7.91. The van der Waals surface area contributed by atoms with Gasteiger partial charge in [0.25, 0.3) is 5.91 Å². The number of nitrogen functional groups attached to an aromatic ring is 1. The number of carbonyl (C=O) groups is 1. The second-order valence-corrected chi connectivity index (χ2v) is 6.09. The summed E-state index contributed by atoms with van der Waals surface area (Å²) in [4.78, 5) is 16.1. The summed E-state index contributed by atoms with van der Waals surface area (Å²) in [6, 6.07) is 1.55. The topological polar surface area (TPSA) is 96.3 Å². The molecule has 88 valence electrons. The van der Waals surface area contributed by atoms with Gasteiger partial charge >= 0.3 is 0 Å². The van der Waals surface area contributed by atoms with Crippen molar-refractivity contribution in [2.45, 2.75) is 0 Å². The monoisotopic (exact) mass is 243 g/mol. The molecular formula is C9H13N3O3S. The molecule has 0 unspecified atom stereocenters. The van der Waals surface area contributed by atoms with E-state index >= 15 is 0 Å². The first-order chi connectivity index (χ1) is 7.48. The second kappa shape index (κ2) is 3.82. The number of hydrogen-bond donors (Lipinski definition) is 2. The van der Waals surface area contributed by atoms with Crippen LogP contribution in [0.25, 0.3) is 0 Å². The lowest BCUT2D eigenvalue weighted by Gasteiger charge is -2.26. The number of nitrogens with two attached hydrogens (primary N) is 1. The first-order valence-corrected chi connectivity index (χ1v) is 6.74. The van der Waals surface area contributed by atoms with Gasteiger partial charge in [-0.25, -0.2) is 8.42 Å². The third-order valence-electron chi connectivity index (χ3n) is 2.57. The minimum atomic E-state index is -2.95. The number of nitrogens with one attached hydrogen (secondary N) is 1. The molecule has 0 aromatic carbocycles. The van der Waals surface area contributed by atoms with Gasteiger partial charge in [-0.3, -0.25) is 4.79 Å². The molecule has 2 heterocycles. The summed E-state index contributed by atoms with van der Waals surface area (Å²) in [6.07, 6.45) is 1.54. The molecule has 0 spiro atoms. The van der Waals surface area contributed by atoms with E-state index in [1.807, 2.05) is 0 Å². The Morgan fingerprint density at radius 2 is 2.00 bits per heavy atom. The van der Waals surface area contributed by atoms with Gasteiger partial charge in [0.1, 0.15) is 5.69 Å². The lowest BCUT2D eigenvalue weighted by atomic mass is 10.3. The number of carbonyl (C=O) groups excluding carboxylic acids is 1. The third kappa shape index (κ3) is 2.19. The van der Waals surface area contributed by atoms with E-state index in [0.29, 0.717) is 11.4 Å². The van der Waals surface area contributed by atoms with Gasteiger partial charge in [0.2, 0.25) is 0 Å². The van der Waals surface area contributed by atoms with Crippen LogP contribution in [0.4, 0.5) is 5.69 Å². The molecule has 16 heavy (non-hydrogen) atoms. The van der Waals surface area contributed by atoms with Crippen LogP contribution in [-0.4, -0.2) is 48.8 Å². The first kappa shape index (κ1) is 11.0. The summed E-state index contributed by atoms with van der Waals surface area (Å²) in [5, 5.41) is 0. The molecule has 6 nitrogen and oxygen atoms in total. The first-order valence-electron chi connectivity index (χ1n) is 4.91. The normalized spacial score (nSPS) is 19.6. The van der Waals surface area contributed by atoms with E-state index in [1.54, 1.807) is 6.07 Å². The summed E-state index contributed by atoms with van der Waals surface area (Å²) in [5.74, 6) is -0.129. The van der Waals surface area contributed by atoms with Crippen molar-refractivity contribution in [3.8, 4) is 0 Å². The van der Waals surface area contributed by atoms with E-state index in [0.717, 1.165) is 0 Å². The van der Waals surface area contributed by atoms with Gasteiger partial charge in [-0.1, -0.05) is 0 Å². The summed E-state index contributed by atoms with van der Waals surface area (Å²) in [7, 11) is -2.95. The quantitative estimate of drug-likeness (QED) is 0.692. The van der Waals surface area contributed by atoms with Crippen molar-refractivity contribution in [3.05, 3.63) is 18.0 Å². The molecule has 0 bridgehead atoms. The second-order valence-electron chi connectivity index (χ2n) is 3.79. The largest absolute Gasteiger partial charge is 0.397 e. The molecule has 1 aliphatic rings. The van der Waals surface area contributed by atoms with Crippen molar-refractivity contribution in [3.63, 3.8) is 0 Å². The smallest absolute Gasteiger partial charge is 0.270 e. The number of nitrogens with zero attached hydrogens (tertiary/aromatic N) is 1. The molecule has 3 N–H and O–H groups in total. The Morgan fingerprint density at radius 3 is 2.50 bits per heavy atom. The van der Waals surface area contributed by atoms with E-state index in [1.165, 1.54) is 11.1 Å². The highest BCUT2D eigenvalue weighted by Gasteiger charge is 2.26. The fourth-order valence-corrected chi connectivity index (χ4v) is 2.82. The molecule has 7 heteroatoms. The Bertz CT molecular complexity index is 492. The van der Waals surface area contributed by atoms with Crippen LogP contribution in [0.2, 0.25) is 0 Å². The number of hydrogen-bond acceptors (Lipinski definition) is 4. The van der Waals surface area contributed by atoms with Crippen LogP contribution in [0.1, 0.15) is 10.5 Å². The maximum atomic E-state index is 11.9. The van der Waals surface area contributed by atoms with E-state index in [2.05, 4.69) is 4.98 Å². The van der Waals surface area contributed by atoms with E-state index < -0.39 is 9.84 Å². The predicted octanol–water partition coefficient (Wildman–Crippen LogP) is -0.532. The lowest BCUT2D eigenvalue weighted by Crippen LogP contribution is -2.43. The average Bonchev–Trinajstić information content (AvgIpc) is 2.64. The van der Waals surface area contributed by atoms with Crippen LogP contribution < -0.4 is 5.73 Å². The molecule has 2 rings (SSSR count). The van der Waals surface area contributed by atoms with Crippen molar-refractivity contribution < 1.29 is 13.2 Å². The fraction of sp³-hybridized carbons (Fsp3) is 0.444. The third-order valence-corrected chi connectivity index (χ3v) is 4.18. The van der Waals surface area contributed by atoms with Crippen molar-refractivity contribution in [2.24, 2.45) is 0 Å². The van der Waals surface area contributed by atoms with Gasteiger partial charge in [-0.15, -0.1) is 0 Å². The molecule has 0 aliphatic carbocycles. The van der Waals surface area contributed by atoms with Crippen LogP contribution in [-0.2, 0) is 9.84 Å². The van der Waals surface area contributed by atoms with Crippen molar-refractivity contribution >= 4 is 21.4 Å². The van der Waals surface area contributed by atoms with Crippen molar-refractivity contribution in [1.29, 1.82) is 0 Å². The molecule has 1 amide bonds. The van der Waals surface area contributed by atoms with Crippen LogP contribution in [0.3, 0.4) is 0 Å². The van der Waals surface area contributed by atoms with E-state index in [4.69, 9.17) is 5.73 Å². The number of aromatic amines is 1. The Kier molecular flexibility index (Phi) is 2.63. The molecule has 0 radical (unpaired) electrons. The maximum absolute atomic E-state index is 11.9. The SMILES string of the molecule is Nc1c[nH]c(C(=O)N2CCS(=O)(=O)CC2)c1. The van der Waals surface area contributed by atoms with E-state index in [9.17, 15) is 13.2 Å². The summed E-state index contributed by atoms with van der Waals surface area (Å²) >= 11 is 0. The van der Waals surface area contributed by atoms with Gasteiger partial charge in [0.05, 0.1) is 11.5 Å². The summed E-state index contributed by atoms with van der Waals surface area (Å²) < 4.78 is 22.4. The van der Waals surface area contributed by atoms with E-state index in [-0.39, 0.29) is 30.5 Å². The zero-order valence-corrected chi connectivity index (χ0v) is 9.46. The number of anilines is 1. The highest BCUT2D eigenvalue weighted by Crippen LogP contribution is 2.11. The summed E-state index contributed by atoms with van der Waals surface area (Å²) in [6.45, 7) is 0.500. The Balaban J connectivity index is 2.07. The van der Waals surface area contributed by atoms with Crippen LogP contribution >= 0.6 is 0 Å². The number of rotatable bonds is 1. The minimum Gasteiger partial charge on any atom is -0.397 e. The van der Waals surface area contributed by atoms with Gasteiger partial charge in [0, 0.05) is 25.0 Å². The average molecular weight is 243 g/mol. The van der Waals surface area contributed by atoms with Gasteiger partial charge in [-0.05, 0) is 6.07 Å². The molecule has 1 aromatic rings. The number of sulfone groups is 1. The van der Waals surface area contributed by atoms with Gasteiger partial charge in [-0.2, -0.15) is 0 Å². The molecule has 1 aliphatic heterocycles. The van der Waals surface area contributed by atoms with Gasteiger partial charge < -0.3 is 15.6 Å². The lowest BCUT2D eigenvalue weighted by molar-refractivity contribution is 0.0765. The molecule has 0 saturated carbocycles. The predicted molar refractivity (Wildman–Crippen MR) is 59.8 cm³/mol. The van der Waals surface area contributed by atoms with Crippen molar-refractivity contribution in [2.75, 3.05) is 30.3 Å². The molecular weight excluding hydrogens is 230 g/mol. The van der Waals surface area contributed by atoms with Gasteiger partial charge in [0.15, 0.2) is 9.84 Å². The standard InChI is InChI=1S/C9H13N3O3S/c10-7-5-8(11-6-7)9(13)12-1-3-16(14,15)4-2-12/h5-6,11H,1-4,10H2. The Hall–Kier alpha value is -1.50. The zero-order chi connectivity index (χ0) is 11.8. The highest BCUT2D eigenvalue weighted by atomic mass is 32.2. The number of amides is 1. The fourth-order valence-electron chi connectivity index (χ4n) is 1.62. The van der Waals surface area contributed by atoms with Crippen LogP contribution in [0.15, 0.2) is 12.3 Å². The maximum Gasteiger partial charge on any atom is 0.270 e. The molecule has 1 fully saturated rings. The Labute approximate surface area is 93.3 Å². The molecule has 1 saturated heterocycles. The van der Waals surface area contributed by atoms with Crippen LogP contribution in [0.5, 0.6) is 0 Å². The molecule has 1 aromatic heterocycles. The molecule has 0 atom stereocenters. The number of aromatic nitrogens is 1. The summed E-state index contributed by atoms with van der Waals surface area (Å²) in [5.41, 5.74) is 6.38. The minimum absolute atomic E-state index is 0.0366. The number of H-pyrrole nitrogens is 1. The van der Waals surface area contributed by atoms with Crippen LogP contribution in [0, 0.1) is 0 Å². The Morgan fingerprint density at radius 1 is 1.38 bits per heavy atom. The zero-order valence-electron chi connectivity index (χ0n) is 8.64.